The van der Waals surface area contributed by atoms with Crippen molar-refractivity contribution >= 4 is 11.6 Å². The van der Waals surface area contributed by atoms with Crippen LogP contribution in [0.5, 0.6) is 0 Å². The van der Waals surface area contributed by atoms with Crippen molar-refractivity contribution in [3.8, 4) is 0 Å². The molecule has 0 unspecified atom stereocenters. The zero-order valence-corrected chi connectivity index (χ0v) is 13.4. The molecule has 2 aromatic heterocycles. The fraction of sp³-hybridized carbons (Fsp3) is 0.615. The molecule has 2 aromatic rings. The molecule has 6 nitrogen and oxygen atoms in total. The normalized spacial score (nSPS) is 12.1. The summed E-state index contributed by atoms with van der Waals surface area (Å²) in [5.74, 6) is 0. The molecule has 0 fully saturated rings. The molecule has 1 N–H and O–H groups in total. The first kappa shape index (κ1) is 15.0. The van der Waals surface area contributed by atoms with Gasteiger partial charge in [-0.15, -0.1) is 5.10 Å². The van der Waals surface area contributed by atoms with E-state index in [0.29, 0.717) is 18.1 Å². The lowest BCUT2D eigenvalue weighted by molar-refractivity contribution is 0.421. The molecule has 0 atom stereocenters. The average Bonchev–Trinajstić information content (AvgIpc) is 2.87. The molecule has 2 rings (SSSR count). The fourth-order valence-electron chi connectivity index (χ4n) is 1.86. The van der Waals surface area contributed by atoms with E-state index in [2.05, 4.69) is 41.5 Å². The van der Waals surface area contributed by atoms with Crippen molar-refractivity contribution in [3.05, 3.63) is 28.3 Å². The molecular weight excluding hydrogens is 276 g/mol. The number of hydrogen-bond acceptors (Lipinski definition) is 4. The first-order chi connectivity index (χ1) is 9.26. The van der Waals surface area contributed by atoms with Gasteiger partial charge in [0.15, 0.2) is 0 Å². The van der Waals surface area contributed by atoms with E-state index >= 15 is 0 Å². The average molecular weight is 297 g/mol. The van der Waals surface area contributed by atoms with Crippen molar-refractivity contribution in [3.63, 3.8) is 0 Å². The van der Waals surface area contributed by atoms with Crippen molar-refractivity contribution in [2.75, 3.05) is 0 Å². The topological polar surface area (TPSA) is 60.6 Å². The minimum Gasteiger partial charge on any atom is -0.306 e. The van der Waals surface area contributed by atoms with Crippen molar-refractivity contribution in [2.45, 2.75) is 46.3 Å². The van der Waals surface area contributed by atoms with Crippen LogP contribution in [-0.4, -0.2) is 30.3 Å². The lowest BCUT2D eigenvalue weighted by atomic mass is 10.1. The van der Waals surface area contributed by atoms with Crippen LogP contribution < -0.4 is 5.32 Å². The van der Waals surface area contributed by atoms with Gasteiger partial charge < -0.3 is 5.32 Å². The zero-order valence-electron chi connectivity index (χ0n) is 12.6. The van der Waals surface area contributed by atoms with Gasteiger partial charge in [0.2, 0.25) is 0 Å². The van der Waals surface area contributed by atoms with Gasteiger partial charge in [0.25, 0.3) is 0 Å². The van der Waals surface area contributed by atoms with Gasteiger partial charge in [0.05, 0.1) is 34.8 Å². The Morgan fingerprint density at radius 3 is 2.60 bits per heavy atom. The van der Waals surface area contributed by atoms with Gasteiger partial charge in [-0.3, -0.25) is 4.68 Å². The predicted octanol–water partition coefficient (Wildman–Crippen LogP) is 1.91. The Morgan fingerprint density at radius 2 is 2.05 bits per heavy atom. The molecule has 20 heavy (non-hydrogen) atoms. The van der Waals surface area contributed by atoms with Gasteiger partial charge in [0, 0.05) is 19.1 Å². The Morgan fingerprint density at radius 1 is 1.35 bits per heavy atom. The van der Waals surface area contributed by atoms with E-state index in [-0.39, 0.29) is 5.54 Å². The quantitative estimate of drug-likeness (QED) is 0.936. The van der Waals surface area contributed by atoms with Gasteiger partial charge in [-0.2, -0.15) is 5.10 Å². The van der Waals surface area contributed by atoms with E-state index in [1.54, 1.807) is 9.36 Å². The van der Waals surface area contributed by atoms with Crippen molar-refractivity contribution in [2.24, 2.45) is 7.05 Å². The Labute approximate surface area is 124 Å². The monoisotopic (exact) mass is 296 g/mol. The third-order valence-corrected chi connectivity index (χ3v) is 3.45. The first-order valence-corrected chi connectivity index (χ1v) is 6.96. The largest absolute Gasteiger partial charge is 0.306 e. The highest BCUT2D eigenvalue weighted by atomic mass is 35.5. The Balaban J connectivity index is 2.06. The number of hydrogen-bond donors (Lipinski definition) is 1. The predicted molar refractivity (Wildman–Crippen MR) is 78.7 cm³/mol. The molecule has 0 radical (unpaired) electrons. The zero-order chi connectivity index (χ0) is 14.9. The molecule has 2 heterocycles. The second-order valence-electron chi connectivity index (χ2n) is 5.98. The van der Waals surface area contributed by atoms with Crippen LogP contribution in [-0.2, 0) is 20.1 Å². The summed E-state index contributed by atoms with van der Waals surface area (Å²) in [5, 5.41) is 16.7. The summed E-state index contributed by atoms with van der Waals surface area (Å²) in [6, 6.07) is 0. The van der Waals surface area contributed by atoms with Gasteiger partial charge in [-0.25, -0.2) is 4.68 Å². The molecule has 0 bridgehead atoms. The Kier molecular flexibility index (Phi) is 4.15. The third-order valence-electron chi connectivity index (χ3n) is 2.96. The summed E-state index contributed by atoms with van der Waals surface area (Å²) in [5.41, 5.74) is 2.74. The summed E-state index contributed by atoms with van der Waals surface area (Å²) in [6.07, 6.45) is 1.93. The van der Waals surface area contributed by atoms with Gasteiger partial charge >= 0.3 is 0 Å². The molecule has 0 aliphatic heterocycles. The molecule has 0 aliphatic rings. The second-order valence-corrected chi connectivity index (χ2v) is 6.36. The maximum Gasteiger partial charge on any atom is 0.0965 e. The smallest absolute Gasteiger partial charge is 0.0965 e. The molecule has 7 heteroatoms. The Hall–Kier alpha value is -1.40. The SMILES string of the molecule is Cc1nn(C)c(Cn2cc(CNC(C)(C)C)nn2)c1Cl. The lowest BCUT2D eigenvalue weighted by Crippen LogP contribution is -2.35. The minimum absolute atomic E-state index is 0.0617. The molecular formula is C13H21ClN6. The van der Waals surface area contributed by atoms with Crippen LogP contribution in [0.1, 0.15) is 37.9 Å². The molecule has 110 valence electrons. The highest BCUT2D eigenvalue weighted by molar-refractivity contribution is 6.31. The van der Waals surface area contributed by atoms with Crippen LogP contribution in [0.15, 0.2) is 6.20 Å². The Bertz CT molecular complexity index is 593. The van der Waals surface area contributed by atoms with Crippen molar-refractivity contribution in [1.82, 2.24) is 30.1 Å². The molecule has 0 aliphatic carbocycles. The standard InChI is InChI=1S/C13H21ClN6/c1-9-12(14)11(19(5)17-9)8-20-7-10(16-18-20)6-15-13(2,3)4/h7,15H,6,8H2,1-5H3. The molecule has 0 saturated carbocycles. The van der Waals surface area contributed by atoms with Crippen molar-refractivity contribution in [1.29, 1.82) is 0 Å². The number of nitrogens with one attached hydrogen (secondary N) is 1. The van der Waals surface area contributed by atoms with Crippen LogP contribution in [0.4, 0.5) is 0 Å². The van der Waals surface area contributed by atoms with Gasteiger partial charge in [0.1, 0.15) is 0 Å². The lowest BCUT2D eigenvalue weighted by Gasteiger charge is -2.19. The highest BCUT2D eigenvalue weighted by Crippen LogP contribution is 2.20. The van der Waals surface area contributed by atoms with Crippen LogP contribution in [0, 0.1) is 6.92 Å². The number of rotatable bonds is 4. The number of nitrogens with zero attached hydrogens (tertiary/aromatic N) is 5. The van der Waals surface area contributed by atoms with E-state index < -0.39 is 0 Å². The van der Waals surface area contributed by atoms with E-state index in [9.17, 15) is 0 Å². The van der Waals surface area contributed by atoms with E-state index in [1.807, 2.05) is 20.2 Å². The van der Waals surface area contributed by atoms with E-state index in [1.165, 1.54) is 0 Å². The molecule has 0 saturated heterocycles. The van der Waals surface area contributed by atoms with E-state index in [0.717, 1.165) is 17.1 Å². The number of aryl methyl sites for hydroxylation is 2. The summed E-state index contributed by atoms with van der Waals surface area (Å²) >= 11 is 6.23. The summed E-state index contributed by atoms with van der Waals surface area (Å²) in [6.45, 7) is 9.52. The van der Waals surface area contributed by atoms with Crippen LogP contribution >= 0.6 is 11.6 Å². The molecule has 0 amide bonds. The number of halogens is 1. The summed E-state index contributed by atoms with van der Waals surface area (Å²) in [4.78, 5) is 0. The summed E-state index contributed by atoms with van der Waals surface area (Å²) < 4.78 is 3.56. The van der Waals surface area contributed by atoms with Gasteiger partial charge in [-0.05, 0) is 27.7 Å². The highest BCUT2D eigenvalue weighted by Gasteiger charge is 2.13. The van der Waals surface area contributed by atoms with Crippen molar-refractivity contribution < 1.29 is 0 Å². The maximum absolute atomic E-state index is 6.23. The maximum atomic E-state index is 6.23. The minimum atomic E-state index is 0.0617. The van der Waals surface area contributed by atoms with Crippen LogP contribution in [0.2, 0.25) is 5.02 Å². The second kappa shape index (κ2) is 5.54. The van der Waals surface area contributed by atoms with Crippen LogP contribution in [0.25, 0.3) is 0 Å². The van der Waals surface area contributed by atoms with Gasteiger partial charge in [-0.1, -0.05) is 16.8 Å². The van der Waals surface area contributed by atoms with E-state index in [4.69, 9.17) is 11.6 Å². The molecule has 0 spiro atoms. The first-order valence-electron chi connectivity index (χ1n) is 6.58. The summed E-state index contributed by atoms with van der Waals surface area (Å²) in [7, 11) is 1.88. The fourth-order valence-corrected chi connectivity index (χ4v) is 2.08. The number of aromatic nitrogens is 5. The molecule has 0 aromatic carbocycles. The third kappa shape index (κ3) is 3.58. The van der Waals surface area contributed by atoms with Crippen LogP contribution in [0.3, 0.4) is 0 Å².